The topological polar surface area (TPSA) is 122 Å². The lowest BCUT2D eigenvalue weighted by atomic mass is 10.3. The fourth-order valence-electron chi connectivity index (χ4n) is 2.23. The first-order valence-electron chi connectivity index (χ1n) is 7.50. The zero-order chi connectivity index (χ0) is 20.2. The third kappa shape index (κ3) is 4.89. The molecular weight excluding hydrogens is 415 g/mol. The van der Waals surface area contributed by atoms with E-state index in [0.29, 0.717) is 5.69 Å². The minimum atomic E-state index is -4.21. The number of nitrogens with one attached hydrogen (secondary N) is 2. The number of carbonyl (C=O) groups is 2. The standard InChI is InChI=1S/C16H16Cl2N4O4S/c1-10(23)20-11-5-7-12(8-6-11)27(25,26)22(9-15(24)21-19)16-13(17)3-2-4-14(16)18/h2-8H,9,19H2,1H3,(H,20,23)(H,21,24). The molecule has 2 rings (SSSR count). The Morgan fingerprint density at radius 2 is 1.63 bits per heavy atom. The largest absolute Gasteiger partial charge is 0.326 e. The quantitative estimate of drug-likeness (QED) is 0.368. The second-order valence-electron chi connectivity index (χ2n) is 5.36. The van der Waals surface area contributed by atoms with Crippen LogP contribution >= 0.6 is 23.2 Å². The molecule has 0 unspecified atom stereocenters. The molecule has 4 N–H and O–H groups in total. The highest BCUT2D eigenvalue weighted by molar-refractivity contribution is 7.92. The average Bonchev–Trinajstić information content (AvgIpc) is 2.60. The van der Waals surface area contributed by atoms with Crippen LogP contribution in [0.2, 0.25) is 10.0 Å². The van der Waals surface area contributed by atoms with Gasteiger partial charge in [0.15, 0.2) is 0 Å². The highest BCUT2D eigenvalue weighted by Gasteiger charge is 2.30. The van der Waals surface area contributed by atoms with E-state index in [9.17, 15) is 18.0 Å². The van der Waals surface area contributed by atoms with Crippen LogP contribution in [-0.4, -0.2) is 26.8 Å². The number of sulfonamides is 1. The number of hydrogen-bond donors (Lipinski definition) is 3. The molecule has 0 aliphatic heterocycles. The Morgan fingerprint density at radius 1 is 1.07 bits per heavy atom. The summed E-state index contributed by atoms with van der Waals surface area (Å²) in [5.41, 5.74) is 2.25. The maximum atomic E-state index is 13.1. The summed E-state index contributed by atoms with van der Waals surface area (Å²) < 4.78 is 27.0. The average molecular weight is 431 g/mol. The molecule has 0 radical (unpaired) electrons. The molecular formula is C16H16Cl2N4O4S. The third-order valence-electron chi connectivity index (χ3n) is 3.40. The Labute approximate surface area is 166 Å². The zero-order valence-electron chi connectivity index (χ0n) is 14.1. The van der Waals surface area contributed by atoms with Crippen LogP contribution in [0.3, 0.4) is 0 Å². The van der Waals surface area contributed by atoms with Crippen molar-refractivity contribution in [2.75, 3.05) is 16.2 Å². The summed E-state index contributed by atoms with van der Waals surface area (Å²) in [7, 11) is -4.21. The van der Waals surface area contributed by atoms with E-state index in [1.807, 2.05) is 5.43 Å². The van der Waals surface area contributed by atoms with Crippen LogP contribution in [0.25, 0.3) is 0 Å². The van der Waals surface area contributed by atoms with E-state index in [-0.39, 0.29) is 26.5 Å². The van der Waals surface area contributed by atoms with E-state index in [1.54, 1.807) is 6.07 Å². The summed E-state index contributed by atoms with van der Waals surface area (Å²) in [5.74, 6) is 4.04. The number of amides is 2. The number of hydrazine groups is 1. The normalized spacial score (nSPS) is 11.0. The number of anilines is 2. The second-order valence-corrected chi connectivity index (χ2v) is 8.03. The molecule has 0 saturated carbocycles. The van der Waals surface area contributed by atoms with Crippen molar-refractivity contribution < 1.29 is 18.0 Å². The first kappa shape index (κ1) is 21.0. The van der Waals surface area contributed by atoms with Gasteiger partial charge in [0.25, 0.3) is 15.9 Å². The minimum absolute atomic E-state index is 0.0460. The molecule has 0 heterocycles. The first-order chi connectivity index (χ1) is 12.7. The van der Waals surface area contributed by atoms with Gasteiger partial charge in [-0.25, -0.2) is 14.3 Å². The molecule has 0 aromatic heterocycles. The smallest absolute Gasteiger partial charge is 0.264 e. The van der Waals surface area contributed by atoms with Crippen LogP contribution in [0, 0.1) is 0 Å². The molecule has 0 fully saturated rings. The molecule has 11 heteroatoms. The minimum Gasteiger partial charge on any atom is -0.326 e. The molecule has 0 saturated heterocycles. The highest BCUT2D eigenvalue weighted by Crippen LogP contribution is 2.36. The van der Waals surface area contributed by atoms with Crippen molar-refractivity contribution in [3.63, 3.8) is 0 Å². The molecule has 0 bridgehead atoms. The van der Waals surface area contributed by atoms with Crippen molar-refractivity contribution in [3.8, 4) is 0 Å². The van der Waals surface area contributed by atoms with Gasteiger partial charge in [-0.05, 0) is 36.4 Å². The predicted octanol–water partition coefficient (Wildman–Crippen LogP) is 2.14. The Kier molecular flexibility index (Phi) is 6.66. The van der Waals surface area contributed by atoms with Crippen molar-refractivity contribution >= 4 is 56.4 Å². The monoisotopic (exact) mass is 430 g/mol. The number of benzene rings is 2. The molecule has 0 spiro atoms. The van der Waals surface area contributed by atoms with Crippen molar-refractivity contribution in [2.45, 2.75) is 11.8 Å². The Balaban J connectivity index is 2.53. The number of nitrogens with two attached hydrogens (primary N) is 1. The van der Waals surface area contributed by atoms with E-state index in [0.717, 1.165) is 4.31 Å². The van der Waals surface area contributed by atoms with Crippen LogP contribution in [-0.2, 0) is 19.6 Å². The van der Waals surface area contributed by atoms with Gasteiger partial charge in [-0.2, -0.15) is 0 Å². The van der Waals surface area contributed by atoms with Gasteiger partial charge in [0.1, 0.15) is 6.54 Å². The third-order valence-corrected chi connectivity index (χ3v) is 5.77. The van der Waals surface area contributed by atoms with Gasteiger partial charge >= 0.3 is 0 Å². The fraction of sp³-hybridized carbons (Fsp3) is 0.125. The first-order valence-corrected chi connectivity index (χ1v) is 9.70. The zero-order valence-corrected chi connectivity index (χ0v) is 16.4. The van der Waals surface area contributed by atoms with Crippen LogP contribution in [0.15, 0.2) is 47.4 Å². The molecule has 2 amide bonds. The van der Waals surface area contributed by atoms with E-state index in [4.69, 9.17) is 29.0 Å². The summed E-state index contributed by atoms with van der Waals surface area (Å²) in [4.78, 5) is 22.8. The summed E-state index contributed by atoms with van der Waals surface area (Å²) in [6.07, 6.45) is 0. The number of carbonyl (C=O) groups excluding carboxylic acids is 2. The van der Waals surface area contributed by atoms with Crippen molar-refractivity contribution in [1.29, 1.82) is 0 Å². The number of nitrogens with zero attached hydrogens (tertiary/aromatic N) is 1. The van der Waals surface area contributed by atoms with Gasteiger partial charge in [-0.15, -0.1) is 0 Å². The number of rotatable bonds is 6. The van der Waals surface area contributed by atoms with Gasteiger partial charge in [-0.1, -0.05) is 29.3 Å². The van der Waals surface area contributed by atoms with Crippen LogP contribution in [0.5, 0.6) is 0 Å². The van der Waals surface area contributed by atoms with Crippen LogP contribution in [0.4, 0.5) is 11.4 Å². The molecule has 2 aromatic carbocycles. The lowest BCUT2D eigenvalue weighted by Gasteiger charge is -2.25. The van der Waals surface area contributed by atoms with E-state index in [1.165, 1.54) is 43.3 Å². The van der Waals surface area contributed by atoms with Gasteiger partial charge in [0.2, 0.25) is 5.91 Å². The van der Waals surface area contributed by atoms with Crippen molar-refractivity contribution in [3.05, 3.63) is 52.5 Å². The van der Waals surface area contributed by atoms with Crippen molar-refractivity contribution in [1.82, 2.24) is 5.43 Å². The highest BCUT2D eigenvalue weighted by atomic mass is 35.5. The second kappa shape index (κ2) is 8.57. The van der Waals surface area contributed by atoms with Gasteiger partial charge in [0, 0.05) is 12.6 Å². The SMILES string of the molecule is CC(=O)Nc1ccc(S(=O)(=O)N(CC(=O)NN)c2c(Cl)cccc2Cl)cc1. The molecule has 27 heavy (non-hydrogen) atoms. The molecule has 8 nitrogen and oxygen atoms in total. The van der Waals surface area contributed by atoms with Gasteiger partial charge < -0.3 is 5.32 Å². The number of hydrogen-bond acceptors (Lipinski definition) is 5. The Hall–Kier alpha value is -2.33. The molecule has 2 aromatic rings. The maximum Gasteiger partial charge on any atom is 0.264 e. The summed E-state index contributed by atoms with van der Waals surface area (Å²) in [5, 5.41) is 2.63. The molecule has 0 aliphatic rings. The Morgan fingerprint density at radius 3 is 2.11 bits per heavy atom. The van der Waals surface area contributed by atoms with Crippen LogP contribution < -0.4 is 20.9 Å². The number of halogens is 2. The Bertz CT molecular complexity index is 945. The van der Waals surface area contributed by atoms with E-state index in [2.05, 4.69) is 5.32 Å². The van der Waals surface area contributed by atoms with Crippen LogP contribution in [0.1, 0.15) is 6.92 Å². The van der Waals surface area contributed by atoms with Gasteiger partial charge in [0.05, 0.1) is 20.6 Å². The summed E-state index contributed by atoms with van der Waals surface area (Å²) >= 11 is 12.3. The molecule has 144 valence electrons. The number of para-hydroxylation sites is 1. The molecule has 0 aliphatic carbocycles. The molecule has 0 atom stereocenters. The van der Waals surface area contributed by atoms with E-state index >= 15 is 0 Å². The summed E-state index contributed by atoms with van der Waals surface area (Å²) in [6, 6.07) is 9.87. The lowest BCUT2D eigenvalue weighted by Crippen LogP contribution is -2.43. The van der Waals surface area contributed by atoms with Crippen molar-refractivity contribution in [2.24, 2.45) is 5.84 Å². The lowest BCUT2D eigenvalue weighted by molar-refractivity contribution is -0.119. The summed E-state index contributed by atoms with van der Waals surface area (Å²) in [6.45, 7) is 0.701. The predicted molar refractivity (Wildman–Crippen MR) is 104 cm³/mol. The fourth-order valence-corrected chi connectivity index (χ4v) is 4.39. The maximum absolute atomic E-state index is 13.1. The van der Waals surface area contributed by atoms with E-state index < -0.39 is 22.5 Å². The van der Waals surface area contributed by atoms with Gasteiger partial charge in [-0.3, -0.25) is 19.3 Å².